The molecule has 0 aliphatic carbocycles. The first kappa shape index (κ1) is 11.4. The van der Waals surface area contributed by atoms with Crippen LogP contribution in [0.5, 0.6) is 0 Å². The highest BCUT2D eigenvalue weighted by atomic mass is 79.9. The van der Waals surface area contributed by atoms with Crippen molar-refractivity contribution in [3.05, 3.63) is 45.5 Å². The summed E-state index contributed by atoms with van der Waals surface area (Å²) >= 11 is 6.79. The Morgan fingerprint density at radius 2 is 1.81 bits per heavy atom. The van der Waals surface area contributed by atoms with E-state index in [4.69, 9.17) is 5.73 Å². The van der Waals surface area contributed by atoms with Crippen molar-refractivity contribution in [3.63, 3.8) is 0 Å². The van der Waals surface area contributed by atoms with Crippen molar-refractivity contribution in [2.45, 2.75) is 0 Å². The van der Waals surface area contributed by atoms with E-state index in [1.165, 1.54) is 0 Å². The largest absolute Gasteiger partial charge is 0.397 e. The summed E-state index contributed by atoms with van der Waals surface area (Å²) < 4.78 is 1.89. The number of rotatable bonds is 2. The van der Waals surface area contributed by atoms with Gasteiger partial charge in [0.15, 0.2) is 0 Å². The summed E-state index contributed by atoms with van der Waals surface area (Å²) in [5.41, 5.74) is 7.22. The monoisotopic (exact) mass is 341 g/mol. The zero-order valence-corrected chi connectivity index (χ0v) is 11.4. The molecule has 16 heavy (non-hydrogen) atoms. The summed E-state index contributed by atoms with van der Waals surface area (Å²) in [5.74, 6) is 0.747. The zero-order valence-electron chi connectivity index (χ0n) is 8.24. The highest BCUT2D eigenvalue weighted by Crippen LogP contribution is 2.25. The molecule has 3 nitrogen and oxygen atoms in total. The van der Waals surface area contributed by atoms with Crippen molar-refractivity contribution in [3.8, 4) is 0 Å². The molecule has 0 aliphatic heterocycles. The second kappa shape index (κ2) is 4.84. The summed E-state index contributed by atoms with van der Waals surface area (Å²) in [7, 11) is 0. The molecule has 0 bridgehead atoms. The molecule has 0 spiro atoms. The first-order valence-corrected chi connectivity index (χ1v) is 6.17. The van der Waals surface area contributed by atoms with E-state index in [0.29, 0.717) is 5.69 Å². The summed E-state index contributed by atoms with van der Waals surface area (Å²) in [4.78, 5) is 4.20. The summed E-state index contributed by atoms with van der Waals surface area (Å²) in [6.07, 6.45) is 1.62. The molecular formula is C11H9Br2N3. The molecule has 1 heterocycles. The highest BCUT2D eigenvalue weighted by molar-refractivity contribution is 9.10. The van der Waals surface area contributed by atoms with Gasteiger partial charge >= 0.3 is 0 Å². The SMILES string of the molecule is Nc1cnc(Nc2ccc(Br)cc2)c(Br)c1. The number of anilines is 3. The quantitative estimate of drug-likeness (QED) is 0.869. The van der Waals surface area contributed by atoms with Crippen LogP contribution in [0.25, 0.3) is 0 Å². The van der Waals surface area contributed by atoms with Gasteiger partial charge in [0.05, 0.1) is 16.4 Å². The van der Waals surface area contributed by atoms with Crippen LogP contribution in [0.1, 0.15) is 0 Å². The standard InChI is InChI=1S/C11H9Br2N3/c12-7-1-3-9(4-2-7)16-11-10(13)5-8(14)6-15-11/h1-6H,14H2,(H,15,16). The van der Waals surface area contributed by atoms with Crippen LogP contribution in [-0.4, -0.2) is 4.98 Å². The predicted molar refractivity (Wildman–Crippen MR) is 73.8 cm³/mol. The molecule has 1 aromatic carbocycles. The van der Waals surface area contributed by atoms with E-state index in [0.717, 1.165) is 20.5 Å². The third-order valence-corrected chi connectivity index (χ3v) is 3.10. The van der Waals surface area contributed by atoms with Gasteiger partial charge in [0.25, 0.3) is 0 Å². The van der Waals surface area contributed by atoms with Gasteiger partial charge in [0.2, 0.25) is 0 Å². The van der Waals surface area contributed by atoms with Crippen LogP contribution in [0.2, 0.25) is 0 Å². The lowest BCUT2D eigenvalue weighted by atomic mass is 10.3. The first-order valence-electron chi connectivity index (χ1n) is 4.59. The van der Waals surface area contributed by atoms with E-state index < -0.39 is 0 Å². The summed E-state index contributed by atoms with van der Waals surface area (Å²) in [6, 6.07) is 9.68. The average Bonchev–Trinajstić information content (AvgIpc) is 2.25. The number of nitrogens with one attached hydrogen (secondary N) is 1. The van der Waals surface area contributed by atoms with Gasteiger partial charge < -0.3 is 11.1 Å². The van der Waals surface area contributed by atoms with Crippen LogP contribution in [-0.2, 0) is 0 Å². The van der Waals surface area contributed by atoms with Crippen molar-refractivity contribution in [2.75, 3.05) is 11.1 Å². The Labute approximate surface area is 110 Å². The Morgan fingerprint density at radius 3 is 2.44 bits per heavy atom. The Hall–Kier alpha value is -1.07. The second-order valence-corrected chi connectivity index (χ2v) is 5.00. The molecule has 0 radical (unpaired) electrons. The number of halogens is 2. The van der Waals surface area contributed by atoms with E-state index in [2.05, 4.69) is 42.2 Å². The van der Waals surface area contributed by atoms with E-state index in [-0.39, 0.29) is 0 Å². The smallest absolute Gasteiger partial charge is 0.144 e. The van der Waals surface area contributed by atoms with Crippen molar-refractivity contribution >= 4 is 49.1 Å². The molecule has 5 heteroatoms. The fourth-order valence-electron chi connectivity index (χ4n) is 1.21. The van der Waals surface area contributed by atoms with E-state index >= 15 is 0 Å². The summed E-state index contributed by atoms with van der Waals surface area (Å²) in [6.45, 7) is 0. The maximum atomic E-state index is 5.61. The molecule has 82 valence electrons. The minimum absolute atomic E-state index is 0.633. The van der Waals surface area contributed by atoms with E-state index in [1.807, 2.05) is 30.3 Å². The zero-order chi connectivity index (χ0) is 11.5. The van der Waals surface area contributed by atoms with Crippen LogP contribution in [0.15, 0.2) is 45.5 Å². The molecule has 2 rings (SSSR count). The Bertz CT molecular complexity index is 497. The number of nitrogen functional groups attached to an aromatic ring is 1. The lowest BCUT2D eigenvalue weighted by molar-refractivity contribution is 1.29. The number of hydrogen-bond acceptors (Lipinski definition) is 3. The number of nitrogens with zero attached hydrogens (tertiary/aromatic N) is 1. The van der Waals surface area contributed by atoms with Crippen molar-refractivity contribution in [2.24, 2.45) is 0 Å². The average molecular weight is 343 g/mol. The number of pyridine rings is 1. The van der Waals surface area contributed by atoms with Crippen LogP contribution < -0.4 is 11.1 Å². The van der Waals surface area contributed by atoms with Gasteiger partial charge in [0.1, 0.15) is 5.82 Å². The highest BCUT2D eigenvalue weighted by Gasteiger charge is 2.02. The lowest BCUT2D eigenvalue weighted by Crippen LogP contribution is -1.96. The molecule has 2 aromatic rings. The summed E-state index contributed by atoms with van der Waals surface area (Å²) in [5, 5.41) is 3.19. The number of nitrogens with two attached hydrogens (primary N) is 1. The van der Waals surface area contributed by atoms with Gasteiger partial charge in [-0.15, -0.1) is 0 Å². The predicted octanol–water partition coefficient (Wildman–Crippen LogP) is 3.93. The normalized spacial score (nSPS) is 10.1. The third-order valence-electron chi connectivity index (χ3n) is 1.97. The van der Waals surface area contributed by atoms with Crippen LogP contribution in [0, 0.1) is 0 Å². The molecule has 0 amide bonds. The number of benzene rings is 1. The fourth-order valence-corrected chi connectivity index (χ4v) is 1.94. The number of hydrogen-bond donors (Lipinski definition) is 2. The maximum absolute atomic E-state index is 5.61. The van der Waals surface area contributed by atoms with Crippen LogP contribution in [0.4, 0.5) is 17.2 Å². The third kappa shape index (κ3) is 2.74. The lowest BCUT2D eigenvalue weighted by Gasteiger charge is -2.07. The molecule has 0 aliphatic rings. The van der Waals surface area contributed by atoms with Gasteiger partial charge in [-0.25, -0.2) is 4.98 Å². The molecule has 0 saturated heterocycles. The van der Waals surface area contributed by atoms with Gasteiger partial charge in [-0.3, -0.25) is 0 Å². The Balaban J connectivity index is 2.23. The molecule has 0 atom stereocenters. The van der Waals surface area contributed by atoms with Crippen molar-refractivity contribution in [1.82, 2.24) is 4.98 Å². The molecular weight excluding hydrogens is 334 g/mol. The Kier molecular flexibility index (Phi) is 3.46. The van der Waals surface area contributed by atoms with Gasteiger partial charge in [-0.05, 0) is 46.3 Å². The second-order valence-electron chi connectivity index (χ2n) is 3.23. The minimum Gasteiger partial charge on any atom is -0.397 e. The molecule has 3 N–H and O–H groups in total. The van der Waals surface area contributed by atoms with Crippen LogP contribution in [0.3, 0.4) is 0 Å². The van der Waals surface area contributed by atoms with E-state index in [9.17, 15) is 0 Å². The van der Waals surface area contributed by atoms with Gasteiger partial charge in [0, 0.05) is 10.2 Å². The molecule has 0 saturated carbocycles. The fraction of sp³-hybridized carbons (Fsp3) is 0. The van der Waals surface area contributed by atoms with Crippen molar-refractivity contribution < 1.29 is 0 Å². The van der Waals surface area contributed by atoms with Gasteiger partial charge in [-0.2, -0.15) is 0 Å². The topological polar surface area (TPSA) is 50.9 Å². The maximum Gasteiger partial charge on any atom is 0.144 e. The van der Waals surface area contributed by atoms with E-state index in [1.54, 1.807) is 6.20 Å². The Morgan fingerprint density at radius 1 is 1.12 bits per heavy atom. The molecule has 0 unspecified atom stereocenters. The number of aromatic nitrogens is 1. The molecule has 1 aromatic heterocycles. The van der Waals surface area contributed by atoms with Crippen LogP contribution >= 0.6 is 31.9 Å². The molecule has 0 fully saturated rings. The minimum atomic E-state index is 0.633. The first-order chi connectivity index (χ1) is 7.65. The van der Waals surface area contributed by atoms with Gasteiger partial charge in [-0.1, -0.05) is 15.9 Å². The van der Waals surface area contributed by atoms with Crippen molar-refractivity contribution in [1.29, 1.82) is 0 Å².